The maximum absolute atomic E-state index is 13.2. The zero-order chi connectivity index (χ0) is 34.0. The number of amides is 4. The number of esters is 1. The lowest BCUT2D eigenvalue weighted by Crippen LogP contribution is -2.44. The topological polar surface area (TPSA) is 167 Å². The van der Waals surface area contributed by atoms with Gasteiger partial charge in [0.1, 0.15) is 18.8 Å². The quantitative estimate of drug-likeness (QED) is 0.0987. The monoisotopic (exact) mass is 644 g/mol. The van der Waals surface area contributed by atoms with E-state index in [0.29, 0.717) is 10.6 Å². The van der Waals surface area contributed by atoms with Gasteiger partial charge in [0.15, 0.2) is 6.10 Å². The van der Waals surface area contributed by atoms with Crippen molar-refractivity contribution in [1.82, 2.24) is 9.96 Å². The molecule has 0 saturated carbocycles. The summed E-state index contributed by atoms with van der Waals surface area (Å²) in [4.78, 5) is 75.0. The van der Waals surface area contributed by atoms with E-state index in [2.05, 4.69) is 4.99 Å². The van der Waals surface area contributed by atoms with E-state index in [1.807, 2.05) is 12.1 Å². The fraction of sp³-hybridized carbons (Fsp3) is 0.294. The molecule has 1 aliphatic rings. The maximum atomic E-state index is 13.2. The number of rotatable bonds is 11. The SMILES string of the molecule is CC(C)(C)OC(=O)[C@@H](CCCN(C(=O)OCc1ccccc1)/C(N)=N/C(=O)OCc1ccccc1)ON1C(=O)c2ccccc2C1=O. The highest BCUT2D eigenvalue weighted by atomic mass is 16.7. The summed E-state index contributed by atoms with van der Waals surface area (Å²) in [5, 5.41) is 0.531. The Morgan fingerprint density at radius 2 is 1.32 bits per heavy atom. The summed E-state index contributed by atoms with van der Waals surface area (Å²) in [6.45, 7) is 4.61. The number of imide groups is 1. The Morgan fingerprint density at radius 3 is 1.85 bits per heavy atom. The van der Waals surface area contributed by atoms with Crippen LogP contribution in [0.1, 0.15) is 65.5 Å². The summed E-state index contributed by atoms with van der Waals surface area (Å²) < 4.78 is 16.1. The van der Waals surface area contributed by atoms with Crippen molar-refractivity contribution in [1.29, 1.82) is 0 Å². The van der Waals surface area contributed by atoms with Crippen molar-refractivity contribution in [2.45, 2.75) is 58.5 Å². The summed E-state index contributed by atoms with van der Waals surface area (Å²) in [5.74, 6) is -2.79. The Labute approximate surface area is 271 Å². The van der Waals surface area contributed by atoms with Gasteiger partial charge in [-0.15, -0.1) is 10.1 Å². The number of carbonyl (C=O) groups excluding carboxylic acids is 5. The van der Waals surface area contributed by atoms with Gasteiger partial charge in [-0.05, 0) is 56.9 Å². The van der Waals surface area contributed by atoms with Crippen LogP contribution in [-0.2, 0) is 37.1 Å². The molecule has 0 aliphatic carbocycles. The molecule has 4 amide bonds. The molecule has 13 nitrogen and oxygen atoms in total. The standard InChI is InChI=1S/C34H36N4O9/c1-34(2,3)46-30(41)27(47-38-28(39)25-17-10-11-18-26(25)29(38)40)19-12-20-37(33(43)45-22-24-15-8-5-9-16-24)31(35)36-32(42)44-21-23-13-6-4-7-14-23/h4-11,13-18,27H,12,19-22H2,1-3H3,(H2,35,36,42)/t27-/m1/s1. The van der Waals surface area contributed by atoms with Gasteiger partial charge in [0.2, 0.25) is 5.96 Å². The number of nitrogens with zero attached hydrogens (tertiary/aromatic N) is 3. The Morgan fingerprint density at radius 1 is 0.809 bits per heavy atom. The third-order valence-corrected chi connectivity index (χ3v) is 6.62. The van der Waals surface area contributed by atoms with E-state index in [-0.39, 0.29) is 43.7 Å². The lowest BCUT2D eigenvalue weighted by atomic mass is 10.1. The first kappa shape index (κ1) is 34.3. The number of fused-ring (bicyclic) bond motifs is 1. The Hall–Kier alpha value is -5.56. The number of hydrogen-bond acceptors (Lipinski definition) is 9. The van der Waals surface area contributed by atoms with Gasteiger partial charge < -0.3 is 19.9 Å². The molecule has 0 saturated heterocycles. The highest BCUT2D eigenvalue weighted by Gasteiger charge is 2.40. The molecule has 47 heavy (non-hydrogen) atoms. The third-order valence-electron chi connectivity index (χ3n) is 6.62. The number of guanidine groups is 1. The molecule has 0 bridgehead atoms. The van der Waals surface area contributed by atoms with Crippen molar-refractivity contribution < 1.29 is 43.0 Å². The first-order chi connectivity index (χ1) is 22.4. The first-order valence-electron chi connectivity index (χ1n) is 14.8. The number of hydroxylamine groups is 2. The van der Waals surface area contributed by atoms with Crippen LogP contribution in [0.5, 0.6) is 0 Å². The van der Waals surface area contributed by atoms with Crippen LogP contribution in [0.2, 0.25) is 0 Å². The molecule has 13 heteroatoms. The van der Waals surface area contributed by atoms with E-state index < -0.39 is 47.6 Å². The maximum Gasteiger partial charge on any atom is 0.437 e. The molecule has 246 valence electrons. The largest absolute Gasteiger partial charge is 0.458 e. The first-order valence-corrected chi connectivity index (χ1v) is 14.8. The van der Waals surface area contributed by atoms with Crippen LogP contribution in [0.15, 0.2) is 89.9 Å². The number of carbonyl (C=O) groups is 5. The highest BCUT2D eigenvalue weighted by Crippen LogP contribution is 2.25. The normalized spacial score (nSPS) is 13.5. The van der Waals surface area contributed by atoms with E-state index in [0.717, 1.165) is 10.5 Å². The minimum absolute atomic E-state index is 0.0167. The fourth-order valence-corrected chi connectivity index (χ4v) is 4.41. The highest BCUT2D eigenvalue weighted by molar-refractivity contribution is 6.20. The van der Waals surface area contributed by atoms with Gasteiger partial charge in [0.25, 0.3) is 11.8 Å². The van der Waals surface area contributed by atoms with Gasteiger partial charge in [-0.3, -0.25) is 9.59 Å². The summed E-state index contributed by atoms with van der Waals surface area (Å²) in [6, 6.07) is 24.0. The van der Waals surface area contributed by atoms with E-state index in [1.165, 1.54) is 12.1 Å². The second-order valence-corrected chi connectivity index (χ2v) is 11.4. The Bertz CT molecular complexity index is 1590. The second kappa shape index (κ2) is 15.6. The Balaban J connectivity index is 1.48. The minimum atomic E-state index is -1.42. The third kappa shape index (κ3) is 9.71. The molecule has 0 spiro atoms. The van der Waals surface area contributed by atoms with Crippen molar-refractivity contribution in [3.63, 3.8) is 0 Å². The van der Waals surface area contributed by atoms with E-state index >= 15 is 0 Å². The smallest absolute Gasteiger partial charge is 0.437 e. The van der Waals surface area contributed by atoms with Crippen molar-refractivity contribution in [2.24, 2.45) is 10.7 Å². The molecule has 0 aromatic heterocycles. The molecule has 3 aromatic rings. The summed E-state index contributed by atoms with van der Waals surface area (Å²) >= 11 is 0. The van der Waals surface area contributed by atoms with Gasteiger partial charge in [-0.1, -0.05) is 72.8 Å². The van der Waals surface area contributed by atoms with Crippen molar-refractivity contribution >= 4 is 35.9 Å². The molecule has 3 aromatic carbocycles. The van der Waals surface area contributed by atoms with Crippen molar-refractivity contribution in [2.75, 3.05) is 6.54 Å². The molecule has 0 radical (unpaired) electrons. The fourth-order valence-electron chi connectivity index (χ4n) is 4.41. The molecule has 0 fully saturated rings. The van der Waals surface area contributed by atoms with Crippen LogP contribution in [0.4, 0.5) is 9.59 Å². The van der Waals surface area contributed by atoms with Crippen LogP contribution < -0.4 is 5.73 Å². The molecule has 0 unspecified atom stereocenters. The zero-order valence-corrected chi connectivity index (χ0v) is 26.3. The van der Waals surface area contributed by atoms with Crippen LogP contribution in [0, 0.1) is 0 Å². The van der Waals surface area contributed by atoms with Crippen LogP contribution >= 0.6 is 0 Å². The zero-order valence-electron chi connectivity index (χ0n) is 26.3. The van der Waals surface area contributed by atoms with Crippen molar-refractivity contribution in [3.05, 3.63) is 107 Å². The predicted octanol–water partition coefficient (Wildman–Crippen LogP) is 5.00. The van der Waals surface area contributed by atoms with E-state index in [9.17, 15) is 24.0 Å². The lowest BCUT2D eigenvalue weighted by molar-refractivity contribution is -0.190. The second-order valence-electron chi connectivity index (χ2n) is 11.4. The number of ether oxygens (including phenoxy) is 3. The predicted molar refractivity (Wildman–Crippen MR) is 168 cm³/mol. The molecule has 4 rings (SSSR count). The van der Waals surface area contributed by atoms with Gasteiger partial charge in [0.05, 0.1) is 11.1 Å². The summed E-state index contributed by atoms with van der Waals surface area (Å²) in [5.41, 5.74) is 6.88. The van der Waals surface area contributed by atoms with Crippen LogP contribution in [0.25, 0.3) is 0 Å². The summed E-state index contributed by atoms with van der Waals surface area (Å²) in [6.07, 6.45) is -3.49. The molecular weight excluding hydrogens is 608 g/mol. The number of nitrogens with two attached hydrogens (primary N) is 1. The molecule has 2 N–H and O–H groups in total. The lowest BCUT2D eigenvalue weighted by Gasteiger charge is -2.26. The molecular formula is C34H36N4O9. The van der Waals surface area contributed by atoms with Gasteiger partial charge >= 0.3 is 18.2 Å². The number of benzene rings is 3. The Kier molecular flexibility index (Phi) is 11.4. The summed E-state index contributed by atoms with van der Waals surface area (Å²) in [7, 11) is 0. The number of hydrogen-bond donors (Lipinski definition) is 1. The molecule has 1 aliphatic heterocycles. The van der Waals surface area contributed by atoms with Crippen LogP contribution in [0.3, 0.4) is 0 Å². The van der Waals surface area contributed by atoms with E-state index in [1.54, 1.807) is 81.4 Å². The van der Waals surface area contributed by atoms with E-state index in [4.69, 9.17) is 24.8 Å². The average Bonchev–Trinajstić information content (AvgIpc) is 3.28. The van der Waals surface area contributed by atoms with Gasteiger partial charge in [0, 0.05) is 6.54 Å². The molecule has 1 atom stereocenters. The van der Waals surface area contributed by atoms with Gasteiger partial charge in [-0.25, -0.2) is 24.1 Å². The minimum Gasteiger partial charge on any atom is -0.458 e. The number of aliphatic imine (C=N–C) groups is 1. The van der Waals surface area contributed by atoms with Crippen LogP contribution in [-0.4, -0.2) is 64.1 Å². The van der Waals surface area contributed by atoms with Gasteiger partial charge in [-0.2, -0.15) is 0 Å². The molecule has 1 heterocycles. The average molecular weight is 645 g/mol. The van der Waals surface area contributed by atoms with Crippen molar-refractivity contribution in [3.8, 4) is 0 Å².